The van der Waals surface area contributed by atoms with Gasteiger partial charge in [-0.3, -0.25) is 4.68 Å². The number of esters is 1. The van der Waals surface area contributed by atoms with Gasteiger partial charge in [0.15, 0.2) is 0 Å². The highest BCUT2D eigenvalue weighted by Gasteiger charge is 2.31. The van der Waals surface area contributed by atoms with Crippen molar-refractivity contribution in [1.29, 1.82) is 0 Å². The van der Waals surface area contributed by atoms with Gasteiger partial charge < -0.3 is 9.47 Å². The molecule has 0 bridgehead atoms. The van der Waals surface area contributed by atoms with E-state index in [0.717, 1.165) is 38.0 Å². The Labute approximate surface area is 125 Å². The van der Waals surface area contributed by atoms with Gasteiger partial charge in [-0.2, -0.15) is 5.10 Å². The van der Waals surface area contributed by atoms with Crippen molar-refractivity contribution in [3.63, 3.8) is 0 Å². The first-order valence-electron chi connectivity index (χ1n) is 8.17. The van der Waals surface area contributed by atoms with Crippen LogP contribution >= 0.6 is 0 Å². The first-order chi connectivity index (χ1) is 10.3. The predicted octanol–water partition coefficient (Wildman–Crippen LogP) is 3.42. The van der Waals surface area contributed by atoms with Crippen molar-refractivity contribution in [2.24, 2.45) is 0 Å². The predicted molar refractivity (Wildman–Crippen MR) is 78.2 cm³/mol. The summed E-state index contributed by atoms with van der Waals surface area (Å²) in [5.41, 5.74) is 1.53. The van der Waals surface area contributed by atoms with Crippen LogP contribution in [0, 0.1) is 0 Å². The molecule has 1 aliphatic carbocycles. The smallest absolute Gasteiger partial charge is 0.341 e. The summed E-state index contributed by atoms with van der Waals surface area (Å²) in [7, 11) is 0. The van der Waals surface area contributed by atoms with E-state index in [1.807, 2.05) is 6.92 Å². The largest absolute Gasteiger partial charge is 0.462 e. The highest BCUT2D eigenvalue weighted by atomic mass is 16.5. The maximum Gasteiger partial charge on any atom is 0.341 e. The lowest BCUT2D eigenvalue weighted by Crippen LogP contribution is -2.20. The molecule has 5 heteroatoms. The van der Waals surface area contributed by atoms with Gasteiger partial charge in [-0.1, -0.05) is 19.3 Å². The van der Waals surface area contributed by atoms with E-state index >= 15 is 0 Å². The van der Waals surface area contributed by atoms with Crippen molar-refractivity contribution in [2.45, 2.75) is 64.0 Å². The molecule has 2 heterocycles. The number of hydrogen-bond donors (Lipinski definition) is 0. The molecule has 21 heavy (non-hydrogen) atoms. The summed E-state index contributed by atoms with van der Waals surface area (Å²) in [5, 5.41) is 4.52. The van der Waals surface area contributed by atoms with Gasteiger partial charge in [-0.25, -0.2) is 4.79 Å². The molecule has 1 atom stereocenters. The Morgan fingerprint density at radius 3 is 2.81 bits per heavy atom. The van der Waals surface area contributed by atoms with Crippen molar-refractivity contribution in [3.8, 4) is 0 Å². The molecular weight excluding hydrogens is 268 g/mol. The summed E-state index contributed by atoms with van der Waals surface area (Å²) >= 11 is 0. The van der Waals surface area contributed by atoms with Crippen LogP contribution in [-0.4, -0.2) is 29.0 Å². The lowest BCUT2D eigenvalue weighted by Gasteiger charge is -2.25. The summed E-state index contributed by atoms with van der Waals surface area (Å²) in [4.78, 5) is 12.2. The Morgan fingerprint density at radius 1 is 1.33 bits per heavy atom. The normalized spacial score (nSPS) is 23.4. The highest BCUT2D eigenvalue weighted by Crippen LogP contribution is 2.36. The molecule has 0 amide bonds. The number of rotatable bonds is 4. The number of carbonyl (C=O) groups excluding carboxylic acids is 1. The maximum absolute atomic E-state index is 12.2. The molecule has 0 radical (unpaired) electrons. The summed E-state index contributed by atoms with van der Waals surface area (Å²) in [6.45, 7) is 2.98. The third kappa shape index (κ3) is 2.98. The molecule has 1 unspecified atom stereocenters. The lowest BCUT2D eigenvalue weighted by molar-refractivity contribution is 0.0511. The van der Waals surface area contributed by atoms with Crippen LogP contribution in [0.25, 0.3) is 0 Å². The van der Waals surface area contributed by atoms with Crippen molar-refractivity contribution in [2.75, 3.05) is 13.2 Å². The number of aromatic nitrogens is 2. The molecule has 5 nitrogen and oxygen atoms in total. The Hall–Kier alpha value is -1.36. The average molecular weight is 292 g/mol. The Balaban J connectivity index is 1.92. The Bertz CT molecular complexity index is 486. The standard InChI is InChI=1S/C16H24N2O3/c1-2-20-16(19)13-11-17-18(12-7-4-3-5-8-12)15(13)14-9-6-10-21-14/h11-12,14H,2-10H2,1H3. The summed E-state index contributed by atoms with van der Waals surface area (Å²) in [6.07, 6.45) is 9.74. The zero-order chi connectivity index (χ0) is 14.7. The fourth-order valence-electron chi connectivity index (χ4n) is 3.47. The first kappa shape index (κ1) is 14.6. The van der Waals surface area contributed by atoms with Gasteiger partial charge in [0.2, 0.25) is 0 Å². The number of ether oxygens (including phenoxy) is 2. The number of carbonyl (C=O) groups is 1. The molecule has 2 aliphatic rings. The van der Waals surface area contributed by atoms with E-state index < -0.39 is 0 Å². The molecule has 0 N–H and O–H groups in total. The van der Waals surface area contributed by atoms with E-state index in [-0.39, 0.29) is 12.1 Å². The minimum absolute atomic E-state index is 0.00571. The van der Waals surface area contributed by atoms with Gasteiger partial charge >= 0.3 is 5.97 Å². The summed E-state index contributed by atoms with van der Waals surface area (Å²) in [6, 6.07) is 0.404. The van der Waals surface area contributed by atoms with Crippen molar-refractivity contribution in [3.05, 3.63) is 17.5 Å². The Morgan fingerprint density at radius 2 is 2.14 bits per heavy atom. The number of nitrogens with zero attached hydrogens (tertiary/aromatic N) is 2. The molecule has 2 fully saturated rings. The monoisotopic (exact) mass is 292 g/mol. The van der Waals surface area contributed by atoms with E-state index in [4.69, 9.17) is 9.47 Å². The molecule has 116 valence electrons. The van der Waals surface area contributed by atoms with Crippen molar-refractivity contribution < 1.29 is 14.3 Å². The minimum atomic E-state index is -0.273. The minimum Gasteiger partial charge on any atom is -0.462 e. The van der Waals surface area contributed by atoms with Crippen LogP contribution in [0.2, 0.25) is 0 Å². The van der Waals surface area contributed by atoms with E-state index in [9.17, 15) is 4.79 Å². The van der Waals surface area contributed by atoms with E-state index in [1.165, 1.54) is 19.3 Å². The van der Waals surface area contributed by atoms with Crippen LogP contribution in [0.5, 0.6) is 0 Å². The maximum atomic E-state index is 12.2. The van der Waals surface area contributed by atoms with Gasteiger partial charge in [-0.05, 0) is 32.6 Å². The second-order valence-electron chi connectivity index (χ2n) is 5.90. The molecule has 1 saturated carbocycles. The van der Waals surface area contributed by atoms with Gasteiger partial charge in [0, 0.05) is 6.61 Å². The summed E-state index contributed by atoms with van der Waals surface area (Å²) in [5.74, 6) is -0.273. The van der Waals surface area contributed by atoms with Gasteiger partial charge in [0.05, 0.1) is 24.5 Å². The van der Waals surface area contributed by atoms with E-state index in [0.29, 0.717) is 18.2 Å². The molecule has 0 spiro atoms. The fraction of sp³-hybridized carbons (Fsp3) is 0.750. The van der Waals surface area contributed by atoms with Crippen LogP contribution < -0.4 is 0 Å². The van der Waals surface area contributed by atoms with Gasteiger partial charge in [0.25, 0.3) is 0 Å². The molecule has 1 aromatic heterocycles. The zero-order valence-corrected chi connectivity index (χ0v) is 12.7. The lowest BCUT2D eigenvalue weighted by atomic mass is 9.95. The molecule has 1 saturated heterocycles. The van der Waals surface area contributed by atoms with Crippen LogP contribution in [0.1, 0.15) is 80.1 Å². The quantitative estimate of drug-likeness (QED) is 0.798. The van der Waals surface area contributed by atoms with Crippen LogP contribution in [0.15, 0.2) is 6.20 Å². The fourth-order valence-corrected chi connectivity index (χ4v) is 3.47. The summed E-state index contributed by atoms with van der Waals surface area (Å²) < 4.78 is 13.1. The van der Waals surface area contributed by atoms with Gasteiger partial charge in [-0.15, -0.1) is 0 Å². The molecule has 3 rings (SSSR count). The van der Waals surface area contributed by atoms with Gasteiger partial charge in [0.1, 0.15) is 11.7 Å². The van der Waals surface area contributed by atoms with E-state index in [2.05, 4.69) is 9.78 Å². The molecule has 1 aliphatic heterocycles. The highest BCUT2D eigenvalue weighted by molar-refractivity contribution is 5.90. The van der Waals surface area contributed by atoms with Crippen LogP contribution in [0.3, 0.4) is 0 Å². The number of hydrogen-bond acceptors (Lipinski definition) is 4. The molecular formula is C16H24N2O3. The average Bonchev–Trinajstić information content (AvgIpc) is 3.17. The second-order valence-corrected chi connectivity index (χ2v) is 5.90. The second kappa shape index (κ2) is 6.60. The molecule has 1 aromatic rings. The zero-order valence-electron chi connectivity index (χ0n) is 12.7. The Kier molecular flexibility index (Phi) is 4.58. The third-order valence-electron chi connectivity index (χ3n) is 4.48. The van der Waals surface area contributed by atoms with E-state index in [1.54, 1.807) is 6.20 Å². The SMILES string of the molecule is CCOC(=O)c1cnn(C2CCCCC2)c1C1CCCO1. The third-order valence-corrected chi connectivity index (χ3v) is 4.48. The topological polar surface area (TPSA) is 53.3 Å². The van der Waals surface area contributed by atoms with Crippen molar-refractivity contribution in [1.82, 2.24) is 9.78 Å². The van der Waals surface area contributed by atoms with Crippen LogP contribution in [0.4, 0.5) is 0 Å². The van der Waals surface area contributed by atoms with Crippen molar-refractivity contribution >= 4 is 5.97 Å². The first-order valence-corrected chi connectivity index (χ1v) is 8.17. The van der Waals surface area contributed by atoms with Crippen LogP contribution in [-0.2, 0) is 9.47 Å². The molecule has 0 aromatic carbocycles.